The maximum absolute atomic E-state index is 11.7. The number of carbonyl (C=O) groups is 1. The second-order valence-corrected chi connectivity index (χ2v) is 8.31. The van der Waals surface area contributed by atoms with Gasteiger partial charge in [0.05, 0.1) is 31.6 Å². The SMILES string of the molecule is C=CC1C(OC2OC(CO)C(O)C(O)C2O)OC=C(C(=O)[O-])C1C=CC1=CC=C[NH+](CCO)C1. The van der Waals surface area contributed by atoms with Crippen LogP contribution in [0.3, 0.4) is 0 Å². The van der Waals surface area contributed by atoms with Crippen molar-refractivity contribution in [2.45, 2.75) is 37.0 Å². The number of allylic oxidation sites excluding steroid dienone is 3. The lowest BCUT2D eigenvalue weighted by molar-refractivity contribution is -0.842. The molecule has 34 heavy (non-hydrogen) atoms. The number of quaternary nitrogens is 1. The first-order chi connectivity index (χ1) is 16.3. The Bertz CT molecular complexity index is 851. The standard InChI is InChI=1S/C23H31NO10/c1-2-14-15(6-5-13-4-3-7-24(10-13)8-9-25)16(21(30)31)12-32-22(14)34-23-20(29)19(28)18(27)17(11-26)33-23/h2-7,12,14-15,17-20,22-23,25-29H,1,8-11H2,(H,30,31). The van der Waals surface area contributed by atoms with E-state index < -0.39 is 61.4 Å². The Labute approximate surface area is 196 Å². The summed E-state index contributed by atoms with van der Waals surface area (Å²) in [6, 6.07) is 0. The van der Waals surface area contributed by atoms with Gasteiger partial charge in [0, 0.05) is 23.0 Å². The van der Waals surface area contributed by atoms with E-state index in [1.807, 2.05) is 18.4 Å². The highest BCUT2D eigenvalue weighted by Crippen LogP contribution is 2.35. The molecule has 0 amide bonds. The summed E-state index contributed by atoms with van der Waals surface area (Å²) >= 11 is 0. The van der Waals surface area contributed by atoms with Crippen LogP contribution in [0.4, 0.5) is 0 Å². The maximum Gasteiger partial charge on any atom is 0.208 e. The van der Waals surface area contributed by atoms with Gasteiger partial charge in [0.15, 0.2) is 6.29 Å². The summed E-state index contributed by atoms with van der Waals surface area (Å²) in [5, 5.41) is 60.5. The molecule has 0 bridgehead atoms. The molecule has 1 saturated heterocycles. The second-order valence-electron chi connectivity index (χ2n) is 8.31. The Morgan fingerprint density at radius 3 is 2.65 bits per heavy atom. The van der Waals surface area contributed by atoms with Gasteiger partial charge in [-0.3, -0.25) is 0 Å². The van der Waals surface area contributed by atoms with Gasteiger partial charge in [-0.15, -0.1) is 6.58 Å². The van der Waals surface area contributed by atoms with Gasteiger partial charge in [-0.2, -0.15) is 0 Å². The monoisotopic (exact) mass is 481 g/mol. The number of nitrogens with one attached hydrogen (secondary N) is 1. The molecule has 3 rings (SSSR count). The van der Waals surface area contributed by atoms with E-state index in [0.717, 1.165) is 16.7 Å². The number of carboxylic acids is 1. The van der Waals surface area contributed by atoms with Crippen LogP contribution in [0, 0.1) is 11.8 Å². The van der Waals surface area contributed by atoms with E-state index >= 15 is 0 Å². The van der Waals surface area contributed by atoms with Crippen molar-refractivity contribution >= 4 is 5.97 Å². The molecule has 0 aromatic rings. The van der Waals surface area contributed by atoms with E-state index in [9.17, 15) is 30.3 Å². The number of aliphatic hydroxyl groups is 5. The molecular formula is C23H31NO10. The van der Waals surface area contributed by atoms with E-state index in [1.165, 1.54) is 6.08 Å². The molecule has 0 aromatic heterocycles. The van der Waals surface area contributed by atoms with Crippen LogP contribution in [0.15, 0.2) is 60.6 Å². The summed E-state index contributed by atoms with van der Waals surface area (Å²) in [5.74, 6) is -2.95. The quantitative estimate of drug-likeness (QED) is 0.179. The Kier molecular flexibility index (Phi) is 9.17. The van der Waals surface area contributed by atoms with Gasteiger partial charge in [-0.05, 0) is 12.2 Å². The predicted octanol–water partition coefficient (Wildman–Crippen LogP) is -3.90. The minimum absolute atomic E-state index is 0.0315. The van der Waals surface area contributed by atoms with Gasteiger partial charge in [0.25, 0.3) is 0 Å². The van der Waals surface area contributed by atoms with E-state index in [-0.39, 0.29) is 12.2 Å². The van der Waals surface area contributed by atoms with Gasteiger partial charge in [0.1, 0.15) is 37.5 Å². The summed E-state index contributed by atoms with van der Waals surface area (Å²) < 4.78 is 16.5. The molecule has 3 aliphatic rings. The molecule has 3 aliphatic heterocycles. The number of carboxylic acid groups (broad SMARTS) is 1. The third-order valence-electron chi connectivity index (χ3n) is 6.07. The molecule has 0 radical (unpaired) electrons. The third-order valence-corrected chi connectivity index (χ3v) is 6.07. The molecule has 1 fully saturated rings. The Morgan fingerprint density at radius 2 is 2.00 bits per heavy atom. The summed E-state index contributed by atoms with van der Waals surface area (Å²) in [5.41, 5.74) is 0.769. The lowest BCUT2D eigenvalue weighted by Crippen LogP contribution is -3.08. The maximum atomic E-state index is 11.7. The molecular weight excluding hydrogens is 450 g/mol. The molecule has 11 nitrogen and oxygen atoms in total. The second kappa shape index (κ2) is 11.9. The smallest absolute Gasteiger partial charge is 0.208 e. The van der Waals surface area contributed by atoms with Crippen LogP contribution in [-0.2, 0) is 19.0 Å². The summed E-state index contributed by atoms with van der Waals surface area (Å²) in [6.45, 7) is 4.30. The molecule has 9 unspecified atom stereocenters. The number of carbonyl (C=O) groups excluding carboxylic acids is 1. The van der Waals surface area contributed by atoms with Crippen LogP contribution in [0.25, 0.3) is 0 Å². The largest absolute Gasteiger partial charge is 0.545 e. The Hall–Kier alpha value is -2.35. The third kappa shape index (κ3) is 5.82. The van der Waals surface area contributed by atoms with Gasteiger partial charge in [0.2, 0.25) is 6.29 Å². The van der Waals surface area contributed by atoms with E-state index in [0.29, 0.717) is 13.1 Å². The zero-order chi connectivity index (χ0) is 24.8. The number of aliphatic hydroxyl groups excluding tert-OH is 5. The van der Waals surface area contributed by atoms with Crippen molar-refractivity contribution in [1.82, 2.24) is 0 Å². The van der Waals surface area contributed by atoms with Crippen LogP contribution in [0.5, 0.6) is 0 Å². The van der Waals surface area contributed by atoms with Crippen LogP contribution in [0.1, 0.15) is 0 Å². The molecule has 0 spiro atoms. The first kappa shape index (κ1) is 26.3. The van der Waals surface area contributed by atoms with Gasteiger partial charge in [-0.1, -0.05) is 18.2 Å². The molecule has 188 valence electrons. The zero-order valence-corrected chi connectivity index (χ0v) is 18.5. The van der Waals surface area contributed by atoms with Crippen molar-refractivity contribution in [3.05, 3.63) is 60.6 Å². The normalized spacial score (nSPS) is 38.2. The highest BCUT2D eigenvalue weighted by Gasteiger charge is 2.46. The molecule has 11 heteroatoms. The van der Waals surface area contributed by atoms with E-state index in [4.69, 9.17) is 19.3 Å². The number of ether oxygens (including phenoxy) is 3. The minimum Gasteiger partial charge on any atom is -0.545 e. The fourth-order valence-electron chi connectivity index (χ4n) is 4.14. The number of rotatable bonds is 9. The summed E-state index contributed by atoms with van der Waals surface area (Å²) in [7, 11) is 0. The zero-order valence-electron chi connectivity index (χ0n) is 18.5. The van der Waals surface area contributed by atoms with Gasteiger partial charge < -0.3 is 54.5 Å². The molecule has 6 N–H and O–H groups in total. The molecule has 0 aromatic carbocycles. The van der Waals surface area contributed by atoms with Crippen LogP contribution in [0.2, 0.25) is 0 Å². The number of aliphatic carboxylic acids is 1. The fourth-order valence-corrected chi connectivity index (χ4v) is 4.14. The van der Waals surface area contributed by atoms with Crippen molar-refractivity contribution in [3.63, 3.8) is 0 Å². The van der Waals surface area contributed by atoms with E-state index in [2.05, 4.69) is 6.58 Å². The first-order valence-corrected chi connectivity index (χ1v) is 11.0. The number of hydrogen-bond donors (Lipinski definition) is 6. The van der Waals surface area contributed by atoms with Crippen LogP contribution >= 0.6 is 0 Å². The van der Waals surface area contributed by atoms with Crippen molar-refractivity contribution in [1.29, 1.82) is 0 Å². The van der Waals surface area contributed by atoms with E-state index in [1.54, 1.807) is 12.2 Å². The minimum atomic E-state index is -1.65. The first-order valence-electron chi connectivity index (χ1n) is 11.0. The highest BCUT2D eigenvalue weighted by molar-refractivity contribution is 5.85. The summed E-state index contributed by atoms with van der Waals surface area (Å²) in [6.07, 6.45) is 2.91. The Morgan fingerprint density at radius 1 is 1.24 bits per heavy atom. The topological polar surface area (TPSA) is 173 Å². The fraction of sp³-hybridized carbons (Fsp3) is 0.522. The molecule has 0 aliphatic carbocycles. The van der Waals surface area contributed by atoms with Crippen molar-refractivity contribution < 1.29 is 54.5 Å². The molecule has 9 atom stereocenters. The van der Waals surface area contributed by atoms with Crippen molar-refractivity contribution in [3.8, 4) is 0 Å². The van der Waals surface area contributed by atoms with Crippen molar-refractivity contribution in [2.24, 2.45) is 11.8 Å². The molecule has 3 heterocycles. The predicted molar refractivity (Wildman–Crippen MR) is 114 cm³/mol. The molecule has 0 saturated carbocycles. The average Bonchev–Trinajstić information content (AvgIpc) is 2.83. The average molecular weight is 481 g/mol. The lowest BCUT2D eigenvalue weighted by atomic mass is 9.83. The van der Waals surface area contributed by atoms with Crippen LogP contribution in [-0.4, -0.2) is 94.8 Å². The number of hydrogen-bond acceptors (Lipinski definition) is 10. The lowest BCUT2D eigenvalue weighted by Gasteiger charge is -2.43. The summed E-state index contributed by atoms with van der Waals surface area (Å²) in [4.78, 5) is 12.8. The van der Waals surface area contributed by atoms with Gasteiger partial charge >= 0.3 is 0 Å². The Balaban J connectivity index is 1.79. The highest BCUT2D eigenvalue weighted by atomic mass is 16.8. The van der Waals surface area contributed by atoms with Crippen LogP contribution < -0.4 is 10.0 Å². The van der Waals surface area contributed by atoms with Crippen molar-refractivity contribution in [2.75, 3.05) is 26.3 Å². The van der Waals surface area contributed by atoms with Gasteiger partial charge in [-0.25, -0.2) is 0 Å².